The first-order valence-electron chi connectivity index (χ1n) is 2.94. The van der Waals surface area contributed by atoms with Crippen LogP contribution in [-0.2, 0) is 4.74 Å². The molecule has 0 atom stereocenters. The Balaban J connectivity index is 3.40. The molecule has 0 saturated heterocycles. The summed E-state index contributed by atoms with van der Waals surface area (Å²) in [6.07, 6.45) is 1.50. The number of rotatable bonds is 3. The standard InChI is InChI=1S/C7H11NO/c1-3-9-6-7(2)4-5-8/h4H,3,6H2,1-2H3/b7-4+. The quantitative estimate of drug-likeness (QED) is 0.535. The van der Waals surface area contributed by atoms with Crippen molar-refractivity contribution in [1.29, 1.82) is 5.26 Å². The van der Waals surface area contributed by atoms with E-state index in [1.54, 1.807) is 0 Å². The van der Waals surface area contributed by atoms with Gasteiger partial charge in [-0.1, -0.05) is 0 Å². The molecule has 0 spiro atoms. The lowest BCUT2D eigenvalue weighted by molar-refractivity contribution is 0.171. The van der Waals surface area contributed by atoms with Gasteiger partial charge >= 0.3 is 0 Å². The summed E-state index contributed by atoms with van der Waals surface area (Å²) in [5.74, 6) is 0. The van der Waals surface area contributed by atoms with Crippen LogP contribution < -0.4 is 0 Å². The number of hydrogen-bond donors (Lipinski definition) is 0. The van der Waals surface area contributed by atoms with E-state index in [1.807, 2.05) is 19.9 Å². The highest BCUT2D eigenvalue weighted by Gasteiger charge is 1.85. The van der Waals surface area contributed by atoms with E-state index in [0.717, 1.165) is 5.57 Å². The zero-order chi connectivity index (χ0) is 7.11. The van der Waals surface area contributed by atoms with Gasteiger partial charge < -0.3 is 4.74 Å². The lowest BCUT2D eigenvalue weighted by Gasteiger charge is -1.96. The van der Waals surface area contributed by atoms with Gasteiger partial charge in [-0.25, -0.2) is 0 Å². The summed E-state index contributed by atoms with van der Waals surface area (Å²) in [7, 11) is 0. The second-order valence-corrected chi connectivity index (χ2v) is 1.76. The van der Waals surface area contributed by atoms with Crippen LogP contribution in [-0.4, -0.2) is 13.2 Å². The van der Waals surface area contributed by atoms with Crippen LogP contribution in [0.15, 0.2) is 11.6 Å². The van der Waals surface area contributed by atoms with Gasteiger partial charge in [-0.3, -0.25) is 0 Å². The third-order valence-electron chi connectivity index (χ3n) is 0.845. The van der Waals surface area contributed by atoms with E-state index < -0.39 is 0 Å². The van der Waals surface area contributed by atoms with E-state index in [4.69, 9.17) is 10.00 Å². The Morgan fingerprint density at radius 1 is 1.78 bits per heavy atom. The molecule has 9 heavy (non-hydrogen) atoms. The number of ether oxygens (including phenoxy) is 1. The van der Waals surface area contributed by atoms with E-state index >= 15 is 0 Å². The summed E-state index contributed by atoms with van der Waals surface area (Å²) in [6, 6.07) is 1.93. The molecule has 0 amide bonds. The molecule has 0 aliphatic heterocycles. The van der Waals surface area contributed by atoms with Crippen molar-refractivity contribution in [2.24, 2.45) is 0 Å². The molecule has 0 N–H and O–H groups in total. The molecule has 0 aliphatic carbocycles. The first-order valence-corrected chi connectivity index (χ1v) is 2.94. The third kappa shape index (κ3) is 5.05. The van der Waals surface area contributed by atoms with E-state index in [-0.39, 0.29) is 0 Å². The molecule has 0 fully saturated rings. The summed E-state index contributed by atoms with van der Waals surface area (Å²) < 4.78 is 5.03. The Hall–Kier alpha value is -0.810. The van der Waals surface area contributed by atoms with Gasteiger partial charge in [-0.15, -0.1) is 0 Å². The molecule has 50 valence electrons. The molecular weight excluding hydrogens is 114 g/mol. The van der Waals surface area contributed by atoms with E-state index in [9.17, 15) is 0 Å². The summed E-state index contributed by atoms with van der Waals surface area (Å²) >= 11 is 0. The summed E-state index contributed by atoms with van der Waals surface area (Å²) in [4.78, 5) is 0. The Morgan fingerprint density at radius 3 is 2.89 bits per heavy atom. The fourth-order valence-electron chi connectivity index (χ4n) is 0.415. The smallest absolute Gasteiger partial charge is 0.0912 e. The van der Waals surface area contributed by atoms with Gasteiger partial charge in [0.05, 0.1) is 12.7 Å². The predicted octanol–water partition coefficient (Wildman–Crippen LogP) is 1.49. The number of nitrogens with zero attached hydrogens (tertiary/aromatic N) is 1. The van der Waals surface area contributed by atoms with Crippen molar-refractivity contribution in [2.75, 3.05) is 13.2 Å². The van der Waals surface area contributed by atoms with E-state index in [2.05, 4.69) is 0 Å². The van der Waals surface area contributed by atoms with E-state index in [1.165, 1.54) is 6.08 Å². The summed E-state index contributed by atoms with van der Waals surface area (Å²) in [5, 5.41) is 8.15. The summed E-state index contributed by atoms with van der Waals surface area (Å²) in [6.45, 7) is 5.08. The molecule has 0 aromatic carbocycles. The van der Waals surface area contributed by atoms with Gasteiger partial charge in [-0.05, 0) is 19.4 Å². The van der Waals surface area contributed by atoms with Crippen LogP contribution in [0.2, 0.25) is 0 Å². The molecule has 0 aromatic rings. The summed E-state index contributed by atoms with van der Waals surface area (Å²) in [5.41, 5.74) is 0.972. The first kappa shape index (κ1) is 8.19. The zero-order valence-electron chi connectivity index (χ0n) is 5.85. The van der Waals surface area contributed by atoms with Gasteiger partial charge in [0.25, 0.3) is 0 Å². The first-order chi connectivity index (χ1) is 4.31. The molecule has 2 heteroatoms. The molecule has 0 aromatic heterocycles. The molecule has 0 unspecified atom stereocenters. The molecular formula is C7H11NO. The predicted molar refractivity (Wildman–Crippen MR) is 35.9 cm³/mol. The highest BCUT2D eigenvalue weighted by molar-refractivity contribution is 5.11. The minimum absolute atomic E-state index is 0.573. The highest BCUT2D eigenvalue weighted by atomic mass is 16.5. The Labute approximate surface area is 55.7 Å². The van der Waals surface area contributed by atoms with Crippen LogP contribution >= 0.6 is 0 Å². The fraction of sp³-hybridized carbons (Fsp3) is 0.571. The molecule has 0 aliphatic rings. The largest absolute Gasteiger partial charge is 0.377 e. The van der Waals surface area contributed by atoms with Crippen molar-refractivity contribution >= 4 is 0 Å². The minimum atomic E-state index is 0.573. The number of allylic oxidation sites excluding steroid dienone is 1. The molecule has 0 bridgehead atoms. The number of nitriles is 1. The lowest BCUT2D eigenvalue weighted by atomic mass is 10.3. The Morgan fingerprint density at radius 2 is 2.44 bits per heavy atom. The van der Waals surface area contributed by atoms with Crippen molar-refractivity contribution in [2.45, 2.75) is 13.8 Å². The Kier molecular flexibility index (Phi) is 4.85. The van der Waals surface area contributed by atoms with Crippen molar-refractivity contribution in [3.8, 4) is 6.07 Å². The van der Waals surface area contributed by atoms with Gasteiger partial charge in [-0.2, -0.15) is 5.26 Å². The van der Waals surface area contributed by atoms with Crippen LogP contribution in [0.3, 0.4) is 0 Å². The average Bonchev–Trinajstić information content (AvgIpc) is 1.85. The maximum atomic E-state index is 8.15. The van der Waals surface area contributed by atoms with Gasteiger partial charge in [0.15, 0.2) is 0 Å². The Bertz CT molecular complexity index is 132. The average molecular weight is 125 g/mol. The highest BCUT2D eigenvalue weighted by Crippen LogP contribution is 1.90. The van der Waals surface area contributed by atoms with Gasteiger partial charge in [0, 0.05) is 12.7 Å². The van der Waals surface area contributed by atoms with Gasteiger partial charge in [0.2, 0.25) is 0 Å². The van der Waals surface area contributed by atoms with Crippen LogP contribution in [0, 0.1) is 11.3 Å². The van der Waals surface area contributed by atoms with Crippen LogP contribution in [0.5, 0.6) is 0 Å². The van der Waals surface area contributed by atoms with Crippen LogP contribution in [0.4, 0.5) is 0 Å². The topological polar surface area (TPSA) is 33.0 Å². The van der Waals surface area contributed by atoms with Crippen molar-refractivity contribution < 1.29 is 4.74 Å². The normalized spacial score (nSPS) is 11.0. The molecule has 2 nitrogen and oxygen atoms in total. The fourth-order valence-corrected chi connectivity index (χ4v) is 0.415. The molecule has 0 radical (unpaired) electrons. The molecule has 0 heterocycles. The zero-order valence-corrected chi connectivity index (χ0v) is 5.85. The third-order valence-corrected chi connectivity index (χ3v) is 0.845. The number of hydrogen-bond acceptors (Lipinski definition) is 2. The van der Waals surface area contributed by atoms with Crippen LogP contribution in [0.25, 0.3) is 0 Å². The molecule has 0 rings (SSSR count). The van der Waals surface area contributed by atoms with Crippen LogP contribution in [0.1, 0.15) is 13.8 Å². The van der Waals surface area contributed by atoms with Gasteiger partial charge in [0.1, 0.15) is 0 Å². The SMILES string of the molecule is CCOC/C(C)=C/C#N. The maximum Gasteiger partial charge on any atom is 0.0912 e. The monoisotopic (exact) mass is 125 g/mol. The van der Waals surface area contributed by atoms with Crippen molar-refractivity contribution in [1.82, 2.24) is 0 Å². The second kappa shape index (κ2) is 5.33. The molecule has 0 saturated carbocycles. The second-order valence-electron chi connectivity index (χ2n) is 1.76. The van der Waals surface area contributed by atoms with E-state index in [0.29, 0.717) is 13.2 Å². The van der Waals surface area contributed by atoms with Crippen molar-refractivity contribution in [3.63, 3.8) is 0 Å². The van der Waals surface area contributed by atoms with Crippen molar-refractivity contribution in [3.05, 3.63) is 11.6 Å². The maximum absolute atomic E-state index is 8.15. The minimum Gasteiger partial charge on any atom is -0.377 e. The lowest BCUT2D eigenvalue weighted by Crippen LogP contribution is -1.93.